The van der Waals surface area contributed by atoms with Crippen molar-refractivity contribution in [1.82, 2.24) is 0 Å². The number of carbonyl (C=O) groups is 1. The van der Waals surface area contributed by atoms with Gasteiger partial charge in [0, 0.05) is 13.1 Å². The van der Waals surface area contributed by atoms with Crippen molar-refractivity contribution in [2.45, 2.75) is 19.4 Å². The number of hydrogen-bond acceptors (Lipinski definition) is 4. The highest BCUT2D eigenvalue weighted by molar-refractivity contribution is 5.90. The van der Waals surface area contributed by atoms with Crippen molar-refractivity contribution in [3.05, 3.63) is 23.8 Å². The third-order valence-corrected chi connectivity index (χ3v) is 3.48. The van der Waals surface area contributed by atoms with Gasteiger partial charge in [-0.2, -0.15) is 0 Å². The number of hydrogen-bond donors (Lipinski definition) is 3. The third kappa shape index (κ3) is 2.41. The summed E-state index contributed by atoms with van der Waals surface area (Å²) in [6.07, 6.45) is 0.446. The standard InChI is InChI=1S/C13H18N2O3/c1-8-7-15(5-4-12(8)16)11-3-2-9(13(17)18)6-10(11)14/h2-3,6,8,12,16H,4-5,7,14H2,1H3,(H,17,18). The predicted molar refractivity (Wildman–Crippen MR) is 69.8 cm³/mol. The molecule has 2 atom stereocenters. The van der Waals surface area contributed by atoms with Crippen molar-refractivity contribution in [1.29, 1.82) is 0 Å². The lowest BCUT2D eigenvalue weighted by Gasteiger charge is -2.36. The van der Waals surface area contributed by atoms with Gasteiger partial charge in [-0.3, -0.25) is 0 Å². The van der Waals surface area contributed by atoms with Crippen LogP contribution in [0, 0.1) is 5.92 Å². The highest BCUT2D eigenvalue weighted by atomic mass is 16.4. The van der Waals surface area contributed by atoms with E-state index in [1.807, 2.05) is 6.92 Å². The Balaban J connectivity index is 2.21. The number of aromatic carboxylic acids is 1. The van der Waals surface area contributed by atoms with Crippen LogP contribution in [-0.2, 0) is 0 Å². The Morgan fingerprint density at radius 1 is 1.50 bits per heavy atom. The highest BCUT2D eigenvalue weighted by Gasteiger charge is 2.25. The minimum Gasteiger partial charge on any atom is -0.478 e. The van der Waals surface area contributed by atoms with E-state index in [-0.39, 0.29) is 17.6 Å². The number of carboxylic acids is 1. The molecule has 4 N–H and O–H groups in total. The fourth-order valence-electron chi connectivity index (χ4n) is 2.33. The molecule has 0 aromatic heterocycles. The van der Waals surface area contributed by atoms with Crippen molar-refractivity contribution < 1.29 is 15.0 Å². The van der Waals surface area contributed by atoms with Crippen LogP contribution in [0.25, 0.3) is 0 Å². The van der Waals surface area contributed by atoms with E-state index >= 15 is 0 Å². The van der Waals surface area contributed by atoms with Crippen molar-refractivity contribution >= 4 is 17.3 Å². The number of aliphatic hydroxyl groups is 1. The number of benzene rings is 1. The number of nitrogen functional groups attached to an aromatic ring is 1. The number of piperidine rings is 1. The monoisotopic (exact) mass is 250 g/mol. The maximum absolute atomic E-state index is 10.8. The second-order valence-corrected chi connectivity index (χ2v) is 4.86. The molecular formula is C13H18N2O3. The SMILES string of the molecule is CC1CN(c2ccc(C(=O)O)cc2N)CCC1O. The smallest absolute Gasteiger partial charge is 0.335 e. The Morgan fingerprint density at radius 3 is 2.78 bits per heavy atom. The van der Waals surface area contributed by atoms with Crippen LogP contribution < -0.4 is 10.6 Å². The van der Waals surface area contributed by atoms with E-state index < -0.39 is 5.97 Å². The number of nitrogens with zero attached hydrogens (tertiary/aromatic N) is 1. The van der Waals surface area contributed by atoms with Crippen LogP contribution in [0.15, 0.2) is 18.2 Å². The van der Waals surface area contributed by atoms with Crippen LogP contribution in [-0.4, -0.2) is 35.4 Å². The van der Waals surface area contributed by atoms with Gasteiger partial charge in [0.1, 0.15) is 0 Å². The largest absolute Gasteiger partial charge is 0.478 e. The van der Waals surface area contributed by atoms with Gasteiger partial charge < -0.3 is 20.8 Å². The summed E-state index contributed by atoms with van der Waals surface area (Å²) in [6.45, 7) is 3.47. The van der Waals surface area contributed by atoms with Crippen LogP contribution in [0.2, 0.25) is 0 Å². The fraction of sp³-hybridized carbons (Fsp3) is 0.462. The Morgan fingerprint density at radius 2 is 2.22 bits per heavy atom. The van der Waals surface area contributed by atoms with Gasteiger partial charge >= 0.3 is 5.97 Å². The van der Waals surface area contributed by atoms with E-state index in [9.17, 15) is 9.90 Å². The first kappa shape index (κ1) is 12.7. The Bertz CT molecular complexity index is 462. The molecule has 1 heterocycles. The summed E-state index contributed by atoms with van der Waals surface area (Å²) in [7, 11) is 0. The summed E-state index contributed by atoms with van der Waals surface area (Å²) in [5.41, 5.74) is 7.42. The Kier molecular flexibility index (Phi) is 3.43. The zero-order valence-corrected chi connectivity index (χ0v) is 10.3. The summed E-state index contributed by atoms with van der Waals surface area (Å²) in [5, 5.41) is 18.6. The van der Waals surface area contributed by atoms with Gasteiger partial charge in [-0.15, -0.1) is 0 Å². The minimum absolute atomic E-state index is 0.192. The summed E-state index contributed by atoms with van der Waals surface area (Å²) in [5.74, 6) is -0.784. The molecule has 1 aliphatic rings. The van der Waals surface area contributed by atoms with Gasteiger partial charge in [-0.1, -0.05) is 6.92 Å². The van der Waals surface area contributed by atoms with Crippen LogP contribution in [0.1, 0.15) is 23.7 Å². The summed E-state index contributed by atoms with van der Waals surface area (Å²) >= 11 is 0. The van der Waals surface area contributed by atoms with Gasteiger partial charge in [0.25, 0.3) is 0 Å². The lowest BCUT2D eigenvalue weighted by molar-refractivity contribution is 0.0697. The van der Waals surface area contributed by atoms with Crippen molar-refractivity contribution in [3.8, 4) is 0 Å². The van der Waals surface area contributed by atoms with Gasteiger partial charge in [-0.25, -0.2) is 4.79 Å². The van der Waals surface area contributed by atoms with E-state index in [2.05, 4.69) is 4.90 Å². The van der Waals surface area contributed by atoms with Gasteiger partial charge in [-0.05, 0) is 30.5 Å². The molecule has 0 radical (unpaired) electrons. The molecule has 5 heteroatoms. The zero-order chi connectivity index (χ0) is 13.3. The number of nitrogens with two attached hydrogens (primary N) is 1. The highest BCUT2D eigenvalue weighted by Crippen LogP contribution is 2.29. The number of anilines is 2. The molecule has 18 heavy (non-hydrogen) atoms. The Hall–Kier alpha value is -1.75. The average Bonchev–Trinajstić information content (AvgIpc) is 2.32. The van der Waals surface area contributed by atoms with Crippen molar-refractivity contribution in [3.63, 3.8) is 0 Å². The summed E-state index contributed by atoms with van der Waals surface area (Å²) in [6, 6.07) is 4.78. The quantitative estimate of drug-likeness (QED) is 0.686. The molecule has 1 fully saturated rings. The summed E-state index contributed by atoms with van der Waals surface area (Å²) < 4.78 is 0. The van der Waals surface area contributed by atoms with E-state index in [0.717, 1.165) is 18.8 Å². The maximum atomic E-state index is 10.8. The second kappa shape index (κ2) is 4.86. The van der Waals surface area contributed by atoms with Gasteiger partial charge in [0.15, 0.2) is 0 Å². The van der Waals surface area contributed by atoms with E-state index in [4.69, 9.17) is 10.8 Å². The molecule has 0 saturated carbocycles. The molecule has 5 nitrogen and oxygen atoms in total. The molecule has 0 amide bonds. The number of carboxylic acid groups (broad SMARTS) is 1. The van der Waals surface area contributed by atoms with Crippen LogP contribution in [0.5, 0.6) is 0 Å². The molecule has 1 aromatic rings. The molecule has 1 aliphatic heterocycles. The Labute approximate surface area is 106 Å². The first-order chi connectivity index (χ1) is 8.49. The molecule has 1 saturated heterocycles. The third-order valence-electron chi connectivity index (χ3n) is 3.48. The second-order valence-electron chi connectivity index (χ2n) is 4.86. The zero-order valence-electron chi connectivity index (χ0n) is 10.3. The normalized spacial score (nSPS) is 24.0. The van der Waals surface area contributed by atoms with Crippen LogP contribution in [0.4, 0.5) is 11.4 Å². The lowest BCUT2D eigenvalue weighted by Crippen LogP contribution is -2.42. The topological polar surface area (TPSA) is 86.8 Å². The number of rotatable bonds is 2. The lowest BCUT2D eigenvalue weighted by atomic mass is 9.96. The van der Waals surface area contributed by atoms with E-state index in [1.54, 1.807) is 12.1 Å². The molecule has 2 unspecified atom stereocenters. The van der Waals surface area contributed by atoms with Crippen molar-refractivity contribution in [2.75, 3.05) is 23.7 Å². The maximum Gasteiger partial charge on any atom is 0.335 e. The number of aliphatic hydroxyl groups excluding tert-OH is 1. The molecule has 0 aliphatic carbocycles. The van der Waals surface area contributed by atoms with E-state index in [0.29, 0.717) is 12.1 Å². The summed E-state index contributed by atoms with van der Waals surface area (Å²) in [4.78, 5) is 12.9. The molecule has 0 bridgehead atoms. The first-order valence-electron chi connectivity index (χ1n) is 6.05. The van der Waals surface area contributed by atoms with Crippen molar-refractivity contribution in [2.24, 2.45) is 5.92 Å². The average molecular weight is 250 g/mol. The van der Waals surface area contributed by atoms with Gasteiger partial charge in [0.05, 0.1) is 23.0 Å². The molecular weight excluding hydrogens is 232 g/mol. The van der Waals surface area contributed by atoms with E-state index in [1.165, 1.54) is 6.07 Å². The minimum atomic E-state index is -0.976. The molecule has 2 rings (SSSR count). The van der Waals surface area contributed by atoms with Gasteiger partial charge in [0.2, 0.25) is 0 Å². The first-order valence-corrected chi connectivity index (χ1v) is 6.05. The predicted octanol–water partition coefficient (Wildman–Crippen LogP) is 1.17. The molecule has 1 aromatic carbocycles. The molecule has 98 valence electrons. The van der Waals surface area contributed by atoms with Crippen LogP contribution in [0.3, 0.4) is 0 Å². The fourth-order valence-corrected chi connectivity index (χ4v) is 2.33. The van der Waals surface area contributed by atoms with Crippen LogP contribution >= 0.6 is 0 Å². The molecule has 0 spiro atoms.